The van der Waals surface area contributed by atoms with E-state index >= 15 is 0 Å². The lowest BCUT2D eigenvalue weighted by molar-refractivity contribution is -0.111. The van der Waals surface area contributed by atoms with Gasteiger partial charge in [0.15, 0.2) is 5.69 Å². The molecular weight excluding hydrogens is 196 g/mol. The third kappa shape index (κ3) is 2.81. The molecule has 0 radical (unpaired) electrons. The van der Waals surface area contributed by atoms with Crippen LogP contribution in [0.3, 0.4) is 0 Å². The number of pyridine rings is 1. The Hall–Kier alpha value is -2.35. The first-order valence-corrected chi connectivity index (χ1v) is 4.07. The van der Waals surface area contributed by atoms with Gasteiger partial charge in [0.1, 0.15) is 0 Å². The zero-order chi connectivity index (χ0) is 11.3. The number of rotatable bonds is 2. The molecule has 0 bridgehead atoms. The topological polar surface area (TPSA) is 79.3 Å². The van der Waals surface area contributed by atoms with Crippen molar-refractivity contribution >= 4 is 17.6 Å². The summed E-state index contributed by atoms with van der Waals surface area (Å²) in [6, 6.07) is 2.98. The molecule has 1 aromatic heterocycles. The third-order valence-electron chi connectivity index (χ3n) is 1.50. The van der Waals surface area contributed by atoms with Crippen LogP contribution in [0.15, 0.2) is 18.3 Å². The van der Waals surface area contributed by atoms with Gasteiger partial charge in [-0.25, -0.2) is 9.78 Å². The molecule has 2 N–H and O–H groups in total. The molecule has 1 rings (SSSR count). The number of aromatic carboxylic acids is 1. The summed E-state index contributed by atoms with van der Waals surface area (Å²) in [6.07, 6.45) is 1.34. The lowest BCUT2D eigenvalue weighted by atomic mass is 10.3. The second-order valence-electron chi connectivity index (χ2n) is 2.53. The normalized spacial score (nSPS) is 8.60. The van der Waals surface area contributed by atoms with Crippen LogP contribution < -0.4 is 5.32 Å². The molecule has 76 valence electrons. The van der Waals surface area contributed by atoms with Crippen molar-refractivity contribution in [3.63, 3.8) is 0 Å². The number of carbonyl (C=O) groups is 2. The molecule has 15 heavy (non-hydrogen) atoms. The fraction of sp³-hybridized carbons (Fsp3) is 0.100. The molecule has 0 aliphatic carbocycles. The van der Waals surface area contributed by atoms with E-state index in [-0.39, 0.29) is 11.4 Å². The number of anilines is 1. The summed E-state index contributed by atoms with van der Waals surface area (Å²) in [7, 11) is 0. The Bertz CT molecular complexity index is 457. The van der Waals surface area contributed by atoms with Crippen molar-refractivity contribution in [1.29, 1.82) is 0 Å². The van der Waals surface area contributed by atoms with Crippen molar-refractivity contribution in [2.45, 2.75) is 6.92 Å². The first kappa shape index (κ1) is 10.7. The lowest BCUT2D eigenvalue weighted by Gasteiger charge is -2.03. The highest BCUT2D eigenvalue weighted by molar-refractivity contribution is 6.06. The van der Waals surface area contributed by atoms with Crippen LogP contribution >= 0.6 is 0 Å². The molecule has 1 aromatic rings. The number of carboxylic acids is 1. The minimum Gasteiger partial charge on any atom is -0.476 e. The number of hydrogen-bond donors (Lipinski definition) is 2. The molecule has 0 atom stereocenters. The van der Waals surface area contributed by atoms with Crippen LogP contribution in [-0.4, -0.2) is 22.0 Å². The van der Waals surface area contributed by atoms with Gasteiger partial charge in [-0.15, -0.1) is 0 Å². The number of nitrogens with zero attached hydrogens (tertiary/aromatic N) is 1. The van der Waals surface area contributed by atoms with Crippen LogP contribution in [0, 0.1) is 11.8 Å². The maximum Gasteiger partial charge on any atom is 0.356 e. The predicted molar refractivity (Wildman–Crippen MR) is 53.3 cm³/mol. The first-order chi connectivity index (χ1) is 7.15. The molecule has 0 fully saturated rings. The zero-order valence-corrected chi connectivity index (χ0v) is 7.94. The van der Waals surface area contributed by atoms with Crippen molar-refractivity contribution in [3.8, 4) is 11.8 Å². The summed E-state index contributed by atoms with van der Waals surface area (Å²) in [5, 5.41) is 11.1. The summed E-state index contributed by atoms with van der Waals surface area (Å²) in [5.41, 5.74) is -0.0681. The van der Waals surface area contributed by atoms with Gasteiger partial charge < -0.3 is 10.4 Å². The molecule has 5 nitrogen and oxygen atoms in total. The average Bonchev–Trinajstić information content (AvgIpc) is 2.18. The smallest absolute Gasteiger partial charge is 0.356 e. The molecule has 0 aromatic carbocycles. The van der Waals surface area contributed by atoms with E-state index in [4.69, 9.17) is 5.11 Å². The van der Waals surface area contributed by atoms with Gasteiger partial charge >= 0.3 is 5.97 Å². The van der Waals surface area contributed by atoms with Gasteiger partial charge in [0.05, 0.1) is 5.69 Å². The molecule has 5 heteroatoms. The number of nitrogens with one attached hydrogen (secondary N) is 1. The van der Waals surface area contributed by atoms with Gasteiger partial charge in [-0.05, 0) is 25.0 Å². The second kappa shape index (κ2) is 4.77. The summed E-state index contributed by atoms with van der Waals surface area (Å²) in [6.45, 7) is 1.51. The van der Waals surface area contributed by atoms with E-state index in [0.717, 1.165) is 0 Å². The van der Waals surface area contributed by atoms with Crippen molar-refractivity contribution in [3.05, 3.63) is 24.0 Å². The first-order valence-electron chi connectivity index (χ1n) is 4.07. The molecule has 0 aliphatic heterocycles. The van der Waals surface area contributed by atoms with Crippen LogP contribution in [0.25, 0.3) is 0 Å². The average molecular weight is 204 g/mol. The fourth-order valence-corrected chi connectivity index (χ4v) is 0.944. The Morgan fingerprint density at radius 1 is 1.53 bits per heavy atom. The molecule has 0 spiro atoms. The molecular formula is C10H8N2O3. The summed E-state index contributed by atoms with van der Waals surface area (Å²) in [4.78, 5) is 25.4. The van der Waals surface area contributed by atoms with Crippen molar-refractivity contribution in [1.82, 2.24) is 4.98 Å². The highest BCUT2D eigenvalue weighted by Crippen LogP contribution is 2.11. The van der Waals surface area contributed by atoms with Gasteiger partial charge in [0.2, 0.25) is 0 Å². The molecule has 0 saturated carbocycles. The Balaban J connectivity index is 2.97. The standard InChI is InChI=1S/C10H8N2O3/c1-2-4-8(13)12-7-5-3-6-11-9(7)10(14)15/h3,5-6H,1H3,(H,12,13)(H,14,15). The van der Waals surface area contributed by atoms with Crippen molar-refractivity contribution in [2.75, 3.05) is 5.32 Å². The number of carboxylic acid groups (broad SMARTS) is 1. The minimum absolute atomic E-state index is 0.137. The van der Waals surface area contributed by atoms with E-state index in [1.54, 1.807) is 0 Å². The summed E-state index contributed by atoms with van der Waals surface area (Å²) < 4.78 is 0. The maximum absolute atomic E-state index is 11.1. The largest absolute Gasteiger partial charge is 0.476 e. The molecule has 0 saturated heterocycles. The summed E-state index contributed by atoms with van der Waals surface area (Å²) in [5.74, 6) is 2.89. The molecule has 0 aliphatic rings. The van der Waals surface area contributed by atoms with Crippen LogP contribution in [0.5, 0.6) is 0 Å². The Labute approximate surface area is 86.1 Å². The number of carbonyl (C=O) groups excluding carboxylic acids is 1. The van der Waals surface area contributed by atoms with E-state index in [0.29, 0.717) is 0 Å². The van der Waals surface area contributed by atoms with E-state index in [1.807, 2.05) is 0 Å². The number of amides is 1. The second-order valence-corrected chi connectivity index (χ2v) is 2.53. The fourth-order valence-electron chi connectivity index (χ4n) is 0.944. The third-order valence-corrected chi connectivity index (χ3v) is 1.50. The van der Waals surface area contributed by atoms with Crippen LogP contribution in [0.2, 0.25) is 0 Å². The molecule has 1 heterocycles. The highest BCUT2D eigenvalue weighted by atomic mass is 16.4. The Morgan fingerprint density at radius 3 is 2.87 bits per heavy atom. The van der Waals surface area contributed by atoms with Gasteiger partial charge in [-0.1, -0.05) is 5.92 Å². The minimum atomic E-state index is -1.20. The van der Waals surface area contributed by atoms with Gasteiger partial charge in [0.25, 0.3) is 5.91 Å². The monoisotopic (exact) mass is 204 g/mol. The van der Waals surface area contributed by atoms with Crippen molar-refractivity contribution in [2.24, 2.45) is 0 Å². The van der Waals surface area contributed by atoms with Gasteiger partial charge in [0, 0.05) is 6.20 Å². The Kier molecular flexibility index (Phi) is 3.41. The van der Waals surface area contributed by atoms with E-state index in [2.05, 4.69) is 22.1 Å². The highest BCUT2D eigenvalue weighted by Gasteiger charge is 2.11. The van der Waals surface area contributed by atoms with Gasteiger partial charge in [-0.2, -0.15) is 0 Å². The Morgan fingerprint density at radius 2 is 2.27 bits per heavy atom. The SMILES string of the molecule is CC#CC(=O)Nc1cccnc1C(=O)O. The maximum atomic E-state index is 11.1. The molecule has 1 amide bonds. The predicted octanol–water partition coefficient (Wildman–Crippen LogP) is 0.742. The lowest BCUT2D eigenvalue weighted by Crippen LogP contribution is -2.13. The quantitative estimate of drug-likeness (QED) is 0.696. The van der Waals surface area contributed by atoms with E-state index < -0.39 is 11.9 Å². The zero-order valence-electron chi connectivity index (χ0n) is 7.94. The van der Waals surface area contributed by atoms with Crippen LogP contribution in [-0.2, 0) is 4.79 Å². The number of aromatic nitrogens is 1. The van der Waals surface area contributed by atoms with Crippen LogP contribution in [0.1, 0.15) is 17.4 Å². The molecule has 0 unspecified atom stereocenters. The van der Waals surface area contributed by atoms with Crippen LogP contribution in [0.4, 0.5) is 5.69 Å². The van der Waals surface area contributed by atoms with Crippen molar-refractivity contribution < 1.29 is 14.7 Å². The summed E-state index contributed by atoms with van der Waals surface area (Å²) >= 11 is 0. The van der Waals surface area contributed by atoms with E-state index in [9.17, 15) is 9.59 Å². The van der Waals surface area contributed by atoms with Gasteiger partial charge in [-0.3, -0.25) is 4.79 Å². The number of hydrogen-bond acceptors (Lipinski definition) is 3. The van der Waals surface area contributed by atoms with E-state index in [1.165, 1.54) is 25.3 Å².